The van der Waals surface area contributed by atoms with Crippen LogP contribution in [0.1, 0.15) is 30.4 Å². The number of hydrogen-bond acceptors (Lipinski definition) is 3. The molecule has 6 nitrogen and oxygen atoms in total. The Morgan fingerprint density at radius 2 is 1.90 bits per heavy atom. The number of rotatable bonds is 5. The van der Waals surface area contributed by atoms with Crippen LogP contribution in [0.4, 0.5) is 15.8 Å². The number of amides is 3. The molecule has 2 heterocycles. The molecule has 2 aromatic rings. The lowest BCUT2D eigenvalue weighted by Gasteiger charge is -2.20. The zero-order chi connectivity index (χ0) is 21.5. The summed E-state index contributed by atoms with van der Waals surface area (Å²) in [7, 11) is 0. The largest absolute Gasteiger partial charge is 0.352 e. The summed E-state index contributed by atoms with van der Waals surface area (Å²) in [4.78, 5) is 41.1. The van der Waals surface area contributed by atoms with Gasteiger partial charge in [-0.05, 0) is 49.1 Å². The average Bonchev–Trinajstić information content (AvgIpc) is 3.43. The molecule has 0 unspecified atom stereocenters. The van der Waals surface area contributed by atoms with Gasteiger partial charge in [0.2, 0.25) is 17.7 Å². The van der Waals surface area contributed by atoms with Crippen molar-refractivity contribution < 1.29 is 18.8 Å². The summed E-state index contributed by atoms with van der Waals surface area (Å²) in [5, 5.41) is 2.75. The van der Waals surface area contributed by atoms with Crippen molar-refractivity contribution in [2.75, 3.05) is 22.9 Å². The van der Waals surface area contributed by atoms with Gasteiger partial charge < -0.3 is 15.1 Å². The molecule has 3 aliphatic rings. The number of nitrogens with one attached hydrogen (secondary N) is 1. The van der Waals surface area contributed by atoms with E-state index in [1.807, 2.05) is 23.1 Å². The zero-order valence-corrected chi connectivity index (χ0v) is 17.1. The maximum Gasteiger partial charge on any atom is 0.230 e. The summed E-state index contributed by atoms with van der Waals surface area (Å²) in [5.74, 6) is -0.805. The van der Waals surface area contributed by atoms with E-state index in [2.05, 4.69) is 5.32 Å². The summed E-state index contributed by atoms with van der Waals surface area (Å²) in [6.07, 6.45) is 2.86. The second-order valence-corrected chi connectivity index (χ2v) is 8.54. The third kappa shape index (κ3) is 3.80. The van der Waals surface area contributed by atoms with E-state index in [1.54, 1.807) is 23.1 Å². The Kier molecular flexibility index (Phi) is 4.96. The number of carbonyl (C=O) groups excluding carboxylic acids is 3. The predicted molar refractivity (Wildman–Crippen MR) is 114 cm³/mol. The molecule has 2 fully saturated rings. The molecule has 0 spiro atoms. The number of halogens is 1. The van der Waals surface area contributed by atoms with Crippen molar-refractivity contribution in [1.82, 2.24) is 5.32 Å². The highest BCUT2D eigenvalue weighted by molar-refractivity contribution is 6.02. The molecule has 7 heteroatoms. The highest BCUT2D eigenvalue weighted by Crippen LogP contribution is 2.38. The Morgan fingerprint density at radius 3 is 2.68 bits per heavy atom. The van der Waals surface area contributed by atoms with E-state index in [1.165, 1.54) is 6.07 Å². The standard InChI is InChI=1S/C24H24FN3O3/c25-20-4-2-1-3-17(20)13-26-23(30)18-12-22(29)28(14-18)19-7-8-21-16(11-19)9-10-27(21)24(31)15-5-6-15/h1-4,7-8,11,15,18H,5-6,9-10,12-14H2,(H,26,30)/t18-/m0/s1. The Morgan fingerprint density at radius 1 is 1.10 bits per heavy atom. The molecule has 0 bridgehead atoms. The maximum absolute atomic E-state index is 13.8. The van der Waals surface area contributed by atoms with Gasteiger partial charge in [-0.25, -0.2) is 4.39 Å². The first-order valence-corrected chi connectivity index (χ1v) is 10.8. The van der Waals surface area contributed by atoms with Gasteiger partial charge in [-0.3, -0.25) is 14.4 Å². The lowest BCUT2D eigenvalue weighted by Crippen LogP contribution is -2.32. The molecule has 3 amide bonds. The molecular weight excluding hydrogens is 397 g/mol. The van der Waals surface area contributed by atoms with E-state index >= 15 is 0 Å². The van der Waals surface area contributed by atoms with Gasteiger partial charge in [0.15, 0.2) is 0 Å². The molecule has 31 heavy (non-hydrogen) atoms. The molecule has 2 aliphatic heterocycles. The van der Waals surface area contributed by atoms with Gasteiger partial charge in [-0.2, -0.15) is 0 Å². The lowest BCUT2D eigenvalue weighted by molar-refractivity contribution is -0.126. The Balaban J connectivity index is 1.24. The molecule has 1 aliphatic carbocycles. The molecule has 5 rings (SSSR count). The predicted octanol–water partition coefficient (Wildman–Crippen LogP) is 2.79. The number of anilines is 2. The fourth-order valence-electron chi connectivity index (χ4n) is 4.44. The van der Waals surface area contributed by atoms with Gasteiger partial charge in [0.25, 0.3) is 0 Å². The van der Waals surface area contributed by atoms with Crippen molar-refractivity contribution in [1.29, 1.82) is 0 Å². The van der Waals surface area contributed by atoms with Gasteiger partial charge in [-0.15, -0.1) is 0 Å². The summed E-state index contributed by atoms with van der Waals surface area (Å²) in [6.45, 7) is 1.08. The Labute approximate surface area is 180 Å². The van der Waals surface area contributed by atoms with E-state index in [9.17, 15) is 18.8 Å². The monoisotopic (exact) mass is 421 g/mol. The van der Waals surface area contributed by atoms with E-state index in [0.717, 1.165) is 36.2 Å². The number of hydrogen-bond donors (Lipinski definition) is 1. The molecule has 1 N–H and O–H groups in total. The van der Waals surface area contributed by atoms with Crippen LogP contribution in [0.15, 0.2) is 42.5 Å². The van der Waals surface area contributed by atoms with Crippen LogP contribution in [-0.4, -0.2) is 30.8 Å². The minimum absolute atomic E-state index is 0.0971. The second kappa shape index (κ2) is 7.80. The summed E-state index contributed by atoms with van der Waals surface area (Å²) < 4.78 is 13.8. The van der Waals surface area contributed by atoms with Crippen molar-refractivity contribution in [3.63, 3.8) is 0 Å². The number of benzene rings is 2. The highest BCUT2D eigenvalue weighted by Gasteiger charge is 2.38. The van der Waals surface area contributed by atoms with Crippen LogP contribution < -0.4 is 15.1 Å². The summed E-state index contributed by atoms with van der Waals surface area (Å²) >= 11 is 0. The minimum atomic E-state index is -0.472. The number of fused-ring (bicyclic) bond motifs is 1. The molecule has 0 aromatic heterocycles. The SMILES string of the molecule is O=C(NCc1ccccc1F)[C@H]1CC(=O)N(c2ccc3c(c2)CCN3C(=O)C2CC2)C1. The van der Waals surface area contributed by atoms with Crippen LogP contribution in [0.2, 0.25) is 0 Å². The molecule has 1 saturated heterocycles. The molecular formula is C24H24FN3O3. The van der Waals surface area contributed by atoms with Crippen molar-refractivity contribution in [2.24, 2.45) is 11.8 Å². The first-order valence-electron chi connectivity index (χ1n) is 10.8. The smallest absolute Gasteiger partial charge is 0.230 e. The normalized spacial score (nSPS) is 20.2. The van der Waals surface area contributed by atoms with Gasteiger partial charge in [0.1, 0.15) is 5.82 Å². The maximum atomic E-state index is 13.8. The van der Waals surface area contributed by atoms with E-state index < -0.39 is 5.92 Å². The van der Waals surface area contributed by atoms with Crippen molar-refractivity contribution >= 4 is 29.1 Å². The fourth-order valence-corrected chi connectivity index (χ4v) is 4.44. The van der Waals surface area contributed by atoms with Gasteiger partial charge in [0.05, 0.1) is 5.92 Å². The first kappa shape index (κ1) is 19.7. The average molecular weight is 421 g/mol. The van der Waals surface area contributed by atoms with Crippen LogP contribution in [0, 0.1) is 17.7 Å². The lowest BCUT2D eigenvalue weighted by atomic mass is 10.1. The van der Waals surface area contributed by atoms with Gasteiger partial charge in [-0.1, -0.05) is 18.2 Å². The molecule has 1 atom stereocenters. The van der Waals surface area contributed by atoms with Crippen molar-refractivity contribution in [3.05, 3.63) is 59.4 Å². The number of carbonyl (C=O) groups is 3. The van der Waals surface area contributed by atoms with E-state index in [4.69, 9.17) is 0 Å². The topological polar surface area (TPSA) is 69.7 Å². The summed E-state index contributed by atoms with van der Waals surface area (Å²) in [5.41, 5.74) is 3.17. The van der Waals surface area contributed by atoms with Crippen molar-refractivity contribution in [3.8, 4) is 0 Å². The van der Waals surface area contributed by atoms with Crippen LogP contribution in [-0.2, 0) is 27.3 Å². The van der Waals surface area contributed by atoms with Crippen LogP contribution in [0.25, 0.3) is 0 Å². The Bertz CT molecular complexity index is 1070. The minimum Gasteiger partial charge on any atom is -0.352 e. The van der Waals surface area contributed by atoms with E-state index in [-0.39, 0.29) is 42.4 Å². The third-order valence-corrected chi connectivity index (χ3v) is 6.37. The molecule has 160 valence electrons. The molecule has 0 radical (unpaired) electrons. The summed E-state index contributed by atoms with van der Waals surface area (Å²) in [6, 6.07) is 12.0. The quantitative estimate of drug-likeness (QED) is 0.807. The number of nitrogens with zero attached hydrogens (tertiary/aromatic N) is 2. The van der Waals surface area contributed by atoms with Crippen LogP contribution in [0.5, 0.6) is 0 Å². The van der Waals surface area contributed by atoms with Crippen LogP contribution in [0.3, 0.4) is 0 Å². The fraction of sp³-hybridized carbons (Fsp3) is 0.375. The molecule has 1 saturated carbocycles. The Hall–Kier alpha value is -3.22. The first-order chi connectivity index (χ1) is 15.0. The van der Waals surface area contributed by atoms with E-state index in [0.29, 0.717) is 18.7 Å². The second-order valence-electron chi connectivity index (χ2n) is 8.54. The van der Waals surface area contributed by atoms with Gasteiger partial charge >= 0.3 is 0 Å². The van der Waals surface area contributed by atoms with Crippen LogP contribution >= 0.6 is 0 Å². The third-order valence-electron chi connectivity index (χ3n) is 6.37. The highest BCUT2D eigenvalue weighted by atomic mass is 19.1. The zero-order valence-electron chi connectivity index (χ0n) is 17.1. The van der Waals surface area contributed by atoms with Gasteiger partial charge in [0, 0.05) is 48.9 Å². The molecule has 2 aromatic carbocycles. The van der Waals surface area contributed by atoms with Crippen molar-refractivity contribution in [2.45, 2.75) is 32.2 Å².